The Kier molecular flexibility index (Phi) is 5.04. The van der Waals surface area contributed by atoms with Crippen molar-refractivity contribution in [3.05, 3.63) is 0 Å². The van der Waals surface area contributed by atoms with Gasteiger partial charge in [-0.05, 0) is 50.5 Å². The molecule has 0 bridgehead atoms. The highest BCUT2D eigenvalue weighted by molar-refractivity contribution is 5.75. The third-order valence-electron chi connectivity index (χ3n) is 4.96. The molecule has 1 aliphatic heterocycles. The molecule has 1 amide bonds. The zero-order chi connectivity index (χ0) is 12.8. The summed E-state index contributed by atoms with van der Waals surface area (Å²) in [5.41, 5.74) is 0.418. The first-order valence-corrected chi connectivity index (χ1v) is 7.74. The second kappa shape index (κ2) is 6.55. The average molecular weight is 252 g/mol. The molecule has 0 radical (unpaired) electrons. The molecule has 3 heteroatoms. The summed E-state index contributed by atoms with van der Waals surface area (Å²) >= 11 is 0. The Morgan fingerprint density at radius 2 is 2.11 bits per heavy atom. The van der Waals surface area contributed by atoms with Gasteiger partial charge in [-0.2, -0.15) is 0 Å². The first-order chi connectivity index (χ1) is 8.74. The fourth-order valence-electron chi connectivity index (χ4n) is 3.46. The third-order valence-corrected chi connectivity index (χ3v) is 4.96. The molecule has 1 saturated carbocycles. The predicted octanol–water partition coefficient (Wildman–Crippen LogP) is 2.61. The molecule has 2 fully saturated rings. The van der Waals surface area contributed by atoms with Crippen LogP contribution in [-0.4, -0.2) is 25.0 Å². The van der Waals surface area contributed by atoms with Crippen LogP contribution in [0.3, 0.4) is 0 Å². The molecule has 0 aromatic rings. The Morgan fingerprint density at radius 3 is 2.72 bits per heavy atom. The summed E-state index contributed by atoms with van der Waals surface area (Å²) in [7, 11) is 0. The maximum Gasteiger partial charge on any atom is 0.220 e. The molecule has 1 aliphatic carbocycles. The van der Waals surface area contributed by atoms with Crippen LogP contribution in [0, 0.1) is 5.41 Å². The summed E-state index contributed by atoms with van der Waals surface area (Å²) in [5.74, 6) is 0.253. The van der Waals surface area contributed by atoms with Gasteiger partial charge in [-0.15, -0.1) is 0 Å². The topological polar surface area (TPSA) is 41.1 Å². The minimum atomic E-state index is 0.253. The number of carbonyl (C=O) groups is 1. The van der Waals surface area contributed by atoms with Gasteiger partial charge in [0, 0.05) is 19.0 Å². The molecule has 0 aromatic heterocycles. The highest BCUT2D eigenvalue weighted by Gasteiger charge is 2.32. The molecule has 1 heterocycles. The first kappa shape index (κ1) is 13.9. The number of carbonyl (C=O) groups excluding carboxylic acids is 1. The SMILES string of the molecule is CCC1(CNC(=O)CCC2CCCN2)CCCC1. The van der Waals surface area contributed by atoms with Crippen molar-refractivity contribution in [3.63, 3.8) is 0 Å². The van der Waals surface area contributed by atoms with Gasteiger partial charge in [0.1, 0.15) is 0 Å². The van der Waals surface area contributed by atoms with Crippen LogP contribution < -0.4 is 10.6 Å². The number of hydrogen-bond acceptors (Lipinski definition) is 2. The number of amides is 1. The Bertz CT molecular complexity index is 266. The molecular weight excluding hydrogens is 224 g/mol. The van der Waals surface area contributed by atoms with Crippen LogP contribution in [0.4, 0.5) is 0 Å². The Hall–Kier alpha value is -0.570. The van der Waals surface area contributed by atoms with Gasteiger partial charge >= 0.3 is 0 Å². The summed E-state index contributed by atoms with van der Waals surface area (Å²) in [6, 6.07) is 0.586. The molecule has 0 spiro atoms. The number of hydrogen-bond donors (Lipinski definition) is 2. The van der Waals surface area contributed by atoms with Crippen molar-refractivity contribution in [2.45, 2.75) is 70.8 Å². The number of nitrogens with one attached hydrogen (secondary N) is 2. The molecule has 104 valence electrons. The minimum absolute atomic E-state index is 0.253. The van der Waals surface area contributed by atoms with Crippen molar-refractivity contribution < 1.29 is 4.79 Å². The Morgan fingerprint density at radius 1 is 1.33 bits per heavy atom. The van der Waals surface area contributed by atoms with E-state index in [0.29, 0.717) is 17.9 Å². The summed E-state index contributed by atoms with van der Waals surface area (Å²) in [5, 5.41) is 6.62. The largest absolute Gasteiger partial charge is 0.356 e. The van der Waals surface area contributed by atoms with Crippen LogP contribution in [0.5, 0.6) is 0 Å². The summed E-state index contributed by atoms with van der Waals surface area (Å²) in [6.45, 7) is 4.30. The van der Waals surface area contributed by atoms with Crippen LogP contribution in [0.2, 0.25) is 0 Å². The van der Waals surface area contributed by atoms with Gasteiger partial charge in [0.2, 0.25) is 5.91 Å². The van der Waals surface area contributed by atoms with Gasteiger partial charge in [0.05, 0.1) is 0 Å². The van der Waals surface area contributed by atoms with Crippen molar-refractivity contribution >= 4 is 5.91 Å². The lowest BCUT2D eigenvalue weighted by Gasteiger charge is -2.27. The lowest BCUT2D eigenvalue weighted by Crippen LogP contribution is -2.36. The highest BCUT2D eigenvalue weighted by atomic mass is 16.1. The Labute approximate surface area is 111 Å². The molecule has 2 aliphatic rings. The second-order valence-electron chi connectivity index (χ2n) is 6.17. The molecule has 0 aromatic carbocycles. The van der Waals surface area contributed by atoms with Crippen molar-refractivity contribution in [2.75, 3.05) is 13.1 Å². The van der Waals surface area contributed by atoms with Crippen molar-refractivity contribution in [3.8, 4) is 0 Å². The van der Waals surface area contributed by atoms with E-state index >= 15 is 0 Å². The van der Waals surface area contributed by atoms with Crippen LogP contribution in [0.15, 0.2) is 0 Å². The maximum atomic E-state index is 11.9. The lowest BCUT2D eigenvalue weighted by atomic mass is 9.83. The standard InChI is InChI=1S/C15H28N2O/c1-2-15(9-3-4-10-15)12-17-14(18)8-7-13-6-5-11-16-13/h13,16H,2-12H2,1H3,(H,17,18). The lowest BCUT2D eigenvalue weighted by molar-refractivity contribution is -0.121. The summed E-state index contributed by atoms with van der Waals surface area (Å²) in [6.07, 6.45) is 10.7. The van der Waals surface area contributed by atoms with Crippen molar-refractivity contribution in [2.24, 2.45) is 5.41 Å². The normalized spacial score (nSPS) is 26.4. The van der Waals surface area contributed by atoms with Gasteiger partial charge in [-0.1, -0.05) is 19.8 Å². The summed E-state index contributed by atoms with van der Waals surface area (Å²) in [4.78, 5) is 11.9. The van der Waals surface area contributed by atoms with Gasteiger partial charge in [-0.25, -0.2) is 0 Å². The first-order valence-electron chi connectivity index (χ1n) is 7.74. The van der Waals surface area contributed by atoms with Crippen LogP contribution in [0.1, 0.15) is 64.7 Å². The molecule has 1 unspecified atom stereocenters. The molecule has 2 N–H and O–H groups in total. The molecule has 2 rings (SSSR count). The molecule has 3 nitrogen and oxygen atoms in total. The van der Waals surface area contributed by atoms with Gasteiger partial charge in [0.15, 0.2) is 0 Å². The van der Waals surface area contributed by atoms with E-state index in [-0.39, 0.29) is 5.91 Å². The van der Waals surface area contributed by atoms with Gasteiger partial charge < -0.3 is 10.6 Å². The fourth-order valence-corrected chi connectivity index (χ4v) is 3.46. The highest BCUT2D eigenvalue weighted by Crippen LogP contribution is 2.40. The van der Waals surface area contributed by atoms with E-state index in [1.807, 2.05) is 0 Å². The molecule has 1 atom stereocenters. The third kappa shape index (κ3) is 3.71. The summed E-state index contributed by atoms with van der Waals surface area (Å²) < 4.78 is 0. The van der Waals surface area contributed by atoms with E-state index in [0.717, 1.165) is 19.5 Å². The van der Waals surface area contributed by atoms with E-state index in [2.05, 4.69) is 17.6 Å². The zero-order valence-electron chi connectivity index (χ0n) is 11.8. The monoisotopic (exact) mass is 252 g/mol. The van der Waals surface area contributed by atoms with Gasteiger partial charge in [0.25, 0.3) is 0 Å². The molecule has 18 heavy (non-hydrogen) atoms. The van der Waals surface area contributed by atoms with Crippen molar-refractivity contribution in [1.82, 2.24) is 10.6 Å². The predicted molar refractivity (Wildman–Crippen MR) is 74.5 cm³/mol. The number of rotatable bonds is 6. The van der Waals surface area contributed by atoms with Crippen LogP contribution >= 0.6 is 0 Å². The zero-order valence-corrected chi connectivity index (χ0v) is 11.8. The fraction of sp³-hybridized carbons (Fsp3) is 0.933. The van der Waals surface area contributed by atoms with Gasteiger partial charge in [-0.3, -0.25) is 4.79 Å². The molecular formula is C15H28N2O. The van der Waals surface area contributed by atoms with E-state index in [4.69, 9.17) is 0 Å². The van der Waals surface area contributed by atoms with E-state index in [9.17, 15) is 4.79 Å². The van der Waals surface area contributed by atoms with E-state index in [1.54, 1.807) is 0 Å². The van der Waals surface area contributed by atoms with Crippen LogP contribution in [0.25, 0.3) is 0 Å². The Balaban J connectivity index is 1.64. The van der Waals surface area contributed by atoms with Crippen LogP contribution in [-0.2, 0) is 4.79 Å². The smallest absolute Gasteiger partial charge is 0.220 e. The quantitative estimate of drug-likeness (QED) is 0.763. The van der Waals surface area contributed by atoms with Crippen molar-refractivity contribution in [1.29, 1.82) is 0 Å². The van der Waals surface area contributed by atoms with E-state index in [1.165, 1.54) is 44.9 Å². The minimum Gasteiger partial charge on any atom is -0.356 e. The second-order valence-corrected chi connectivity index (χ2v) is 6.17. The van der Waals surface area contributed by atoms with E-state index < -0.39 is 0 Å². The molecule has 1 saturated heterocycles. The maximum absolute atomic E-state index is 11.9. The average Bonchev–Trinajstić information content (AvgIpc) is 3.06.